The molecule has 2 N–H and O–H groups in total. The van der Waals surface area contributed by atoms with Gasteiger partial charge in [0.2, 0.25) is 0 Å². The van der Waals surface area contributed by atoms with Crippen molar-refractivity contribution in [3.05, 3.63) is 35.6 Å². The molecule has 0 bridgehead atoms. The Morgan fingerprint density at radius 2 is 1.84 bits per heavy atom. The van der Waals surface area contributed by atoms with Crippen LogP contribution in [0.1, 0.15) is 11.6 Å². The number of benzene rings is 1. The lowest BCUT2D eigenvalue weighted by molar-refractivity contribution is -0.00461. The van der Waals surface area contributed by atoms with E-state index in [0.29, 0.717) is 25.2 Å². The van der Waals surface area contributed by atoms with Crippen molar-refractivity contribution >= 4 is 0 Å². The lowest BCUT2D eigenvalue weighted by atomic mass is 10.1. The third-order valence-corrected chi connectivity index (χ3v) is 3.78. The molecule has 2 rings (SSSR count). The molecular formula is C14H21FN2O2. The van der Waals surface area contributed by atoms with Crippen LogP contribution in [0.3, 0.4) is 0 Å². The molecule has 3 atom stereocenters. The Bertz CT molecular complexity index is 404. The van der Waals surface area contributed by atoms with Gasteiger partial charge in [-0.3, -0.25) is 4.90 Å². The van der Waals surface area contributed by atoms with Gasteiger partial charge in [0.25, 0.3) is 0 Å². The molecular weight excluding hydrogens is 247 g/mol. The van der Waals surface area contributed by atoms with Crippen LogP contribution in [-0.2, 0) is 9.47 Å². The van der Waals surface area contributed by atoms with Crippen LogP contribution in [0.25, 0.3) is 0 Å². The van der Waals surface area contributed by atoms with Crippen LogP contribution < -0.4 is 5.73 Å². The Balaban J connectivity index is 2.18. The Labute approximate surface area is 113 Å². The molecule has 0 amide bonds. The fourth-order valence-corrected chi connectivity index (χ4v) is 2.70. The molecule has 3 unspecified atom stereocenters. The number of rotatable bonds is 5. The number of nitrogens with two attached hydrogens (primary N) is 1. The lowest BCUT2D eigenvalue weighted by Crippen LogP contribution is -2.33. The van der Waals surface area contributed by atoms with Crippen molar-refractivity contribution in [1.82, 2.24) is 4.90 Å². The van der Waals surface area contributed by atoms with Gasteiger partial charge in [-0.2, -0.15) is 0 Å². The van der Waals surface area contributed by atoms with Gasteiger partial charge in [-0.1, -0.05) is 18.2 Å². The molecule has 5 heteroatoms. The summed E-state index contributed by atoms with van der Waals surface area (Å²) in [4.78, 5) is 2.13. The van der Waals surface area contributed by atoms with E-state index in [0.717, 1.165) is 0 Å². The average molecular weight is 268 g/mol. The van der Waals surface area contributed by atoms with Gasteiger partial charge in [-0.15, -0.1) is 0 Å². The Hall–Kier alpha value is -1.01. The third-order valence-electron chi connectivity index (χ3n) is 3.78. The van der Waals surface area contributed by atoms with Crippen LogP contribution in [0.2, 0.25) is 0 Å². The molecule has 1 aromatic rings. The maximum Gasteiger partial charge on any atom is 0.128 e. The zero-order chi connectivity index (χ0) is 13.8. The summed E-state index contributed by atoms with van der Waals surface area (Å²) in [7, 11) is 3.33. The van der Waals surface area contributed by atoms with Crippen molar-refractivity contribution in [3.63, 3.8) is 0 Å². The predicted molar refractivity (Wildman–Crippen MR) is 71.4 cm³/mol. The summed E-state index contributed by atoms with van der Waals surface area (Å²) >= 11 is 0. The van der Waals surface area contributed by atoms with Crippen molar-refractivity contribution in [2.45, 2.75) is 18.2 Å². The lowest BCUT2D eigenvalue weighted by Gasteiger charge is -2.27. The van der Waals surface area contributed by atoms with E-state index in [2.05, 4.69) is 4.90 Å². The van der Waals surface area contributed by atoms with Crippen molar-refractivity contribution in [2.24, 2.45) is 5.73 Å². The minimum Gasteiger partial charge on any atom is -0.377 e. The highest BCUT2D eigenvalue weighted by molar-refractivity contribution is 5.22. The molecule has 0 aromatic heterocycles. The third kappa shape index (κ3) is 2.95. The van der Waals surface area contributed by atoms with Crippen molar-refractivity contribution < 1.29 is 13.9 Å². The zero-order valence-corrected chi connectivity index (χ0v) is 11.4. The van der Waals surface area contributed by atoms with Gasteiger partial charge in [0.15, 0.2) is 0 Å². The molecule has 19 heavy (non-hydrogen) atoms. The fraction of sp³-hybridized carbons (Fsp3) is 0.571. The number of nitrogens with zero attached hydrogens (tertiary/aromatic N) is 1. The molecule has 1 aromatic carbocycles. The van der Waals surface area contributed by atoms with Crippen LogP contribution in [0.4, 0.5) is 4.39 Å². The largest absolute Gasteiger partial charge is 0.377 e. The van der Waals surface area contributed by atoms with Crippen LogP contribution in [-0.4, -0.2) is 51.0 Å². The smallest absolute Gasteiger partial charge is 0.128 e. The monoisotopic (exact) mass is 268 g/mol. The Kier molecular flexibility index (Phi) is 4.87. The number of hydrogen-bond acceptors (Lipinski definition) is 4. The molecule has 0 aliphatic carbocycles. The van der Waals surface area contributed by atoms with Crippen LogP contribution in [0, 0.1) is 5.82 Å². The normalized spacial score (nSPS) is 25.7. The first-order chi connectivity index (χ1) is 9.21. The quantitative estimate of drug-likeness (QED) is 0.871. The fourth-order valence-electron chi connectivity index (χ4n) is 2.70. The standard InChI is InChI=1S/C14H21FN2O2/c1-18-13-8-17(9-14(13)19-2)12(7-16)10-5-3-4-6-11(10)15/h3-6,12-14H,7-9,16H2,1-2H3. The Morgan fingerprint density at radius 3 is 2.32 bits per heavy atom. The highest BCUT2D eigenvalue weighted by Crippen LogP contribution is 2.28. The second-order valence-corrected chi connectivity index (χ2v) is 4.78. The Morgan fingerprint density at radius 1 is 1.26 bits per heavy atom. The average Bonchev–Trinajstić information content (AvgIpc) is 2.85. The molecule has 0 spiro atoms. The second-order valence-electron chi connectivity index (χ2n) is 4.78. The summed E-state index contributed by atoms with van der Waals surface area (Å²) in [6, 6.07) is 6.63. The SMILES string of the molecule is COC1CN(C(CN)c2ccccc2F)CC1OC. The minimum absolute atomic E-state index is 0.00539. The van der Waals surface area contributed by atoms with Crippen molar-refractivity contribution in [2.75, 3.05) is 33.9 Å². The number of halogens is 1. The van der Waals surface area contributed by atoms with Gasteiger partial charge in [-0.05, 0) is 6.07 Å². The topological polar surface area (TPSA) is 47.7 Å². The van der Waals surface area contributed by atoms with Crippen molar-refractivity contribution in [1.29, 1.82) is 0 Å². The van der Waals surface area contributed by atoms with Crippen LogP contribution in [0.15, 0.2) is 24.3 Å². The summed E-state index contributed by atoms with van der Waals surface area (Å²) in [6.07, 6.45) is 0.0108. The summed E-state index contributed by atoms with van der Waals surface area (Å²) < 4.78 is 24.7. The summed E-state index contributed by atoms with van der Waals surface area (Å²) in [5.74, 6) is -0.215. The van der Waals surface area contributed by atoms with E-state index >= 15 is 0 Å². The number of hydrogen-bond donors (Lipinski definition) is 1. The maximum absolute atomic E-state index is 13.9. The van der Waals surface area contributed by atoms with E-state index in [1.165, 1.54) is 6.07 Å². The molecule has 4 nitrogen and oxygen atoms in total. The molecule has 1 fully saturated rings. The van der Waals surface area contributed by atoms with E-state index < -0.39 is 0 Å². The highest BCUT2D eigenvalue weighted by Gasteiger charge is 2.37. The van der Waals surface area contributed by atoms with Gasteiger partial charge < -0.3 is 15.2 Å². The number of methoxy groups -OCH3 is 2. The maximum atomic E-state index is 13.9. The van der Waals surface area contributed by atoms with Crippen molar-refractivity contribution in [3.8, 4) is 0 Å². The predicted octanol–water partition coefficient (Wildman–Crippen LogP) is 1.17. The molecule has 1 saturated heterocycles. The van der Waals surface area contributed by atoms with Gasteiger partial charge in [0.1, 0.15) is 5.82 Å². The first-order valence-corrected chi connectivity index (χ1v) is 6.45. The van der Waals surface area contributed by atoms with E-state index in [-0.39, 0.29) is 24.1 Å². The minimum atomic E-state index is -0.215. The van der Waals surface area contributed by atoms with E-state index in [9.17, 15) is 4.39 Å². The van der Waals surface area contributed by atoms with E-state index in [1.807, 2.05) is 6.07 Å². The molecule has 1 aliphatic heterocycles. The summed E-state index contributed by atoms with van der Waals surface area (Å²) in [6.45, 7) is 1.77. The first-order valence-electron chi connectivity index (χ1n) is 6.45. The molecule has 1 aliphatic rings. The van der Waals surface area contributed by atoms with Gasteiger partial charge in [0.05, 0.1) is 18.2 Å². The molecule has 1 heterocycles. The number of ether oxygens (including phenoxy) is 2. The number of likely N-dealkylation sites (tertiary alicyclic amines) is 1. The van der Waals surface area contributed by atoms with E-state index in [4.69, 9.17) is 15.2 Å². The second kappa shape index (κ2) is 6.43. The molecule has 0 saturated carbocycles. The van der Waals surface area contributed by atoms with Gasteiger partial charge in [0, 0.05) is 39.4 Å². The van der Waals surface area contributed by atoms with E-state index in [1.54, 1.807) is 26.4 Å². The molecule has 106 valence electrons. The summed E-state index contributed by atoms with van der Waals surface area (Å²) in [5, 5.41) is 0. The highest BCUT2D eigenvalue weighted by atomic mass is 19.1. The van der Waals surface area contributed by atoms with Gasteiger partial charge in [-0.25, -0.2) is 4.39 Å². The summed E-state index contributed by atoms with van der Waals surface area (Å²) in [5.41, 5.74) is 6.47. The molecule has 0 radical (unpaired) electrons. The van der Waals surface area contributed by atoms with Crippen LogP contribution >= 0.6 is 0 Å². The first kappa shape index (κ1) is 14.4. The zero-order valence-electron chi connectivity index (χ0n) is 11.4. The van der Waals surface area contributed by atoms with Gasteiger partial charge >= 0.3 is 0 Å². The van der Waals surface area contributed by atoms with Crippen LogP contribution in [0.5, 0.6) is 0 Å².